The monoisotopic (exact) mass is 584 g/mol. The molecule has 0 bridgehead atoms. The van der Waals surface area contributed by atoms with Crippen LogP contribution in [0.25, 0.3) is 0 Å². The summed E-state index contributed by atoms with van der Waals surface area (Å²) in [4.78, 5) is 0. The highest BCUT2D eigenvalue weighted by Crippen LogP contribution is 2.56. The van der Waals surface area contributed by atoms with Crippen LogP contribution in [0.3, 0.4) is 0 Å². The highest BCUT2D eigenvalue weighted by atomic mass is 19.4. The van der Waals surface area contributed by atoms with Crippen LogP contribution in [0.5, 0.6) is 0 Å². The number of hydrogen-bond acceptors (Lipinski definition) is 0. The Bertz CT molecular complexity index is 1440. The van der Waals surface area contributed by atoms with Gasteiger partial charge in [-0.2, -0.15) is 26.3 Å². The van der Waals surface area contributed by atoms with Gasteiger partial charge in [0.2, 0.25) is 5.41 Å². The second kappa shape index (κ2) is 12.4. The second-order valence-corrected chi connectivity index (χ2v) is 11.4. The first-order chi connectivity index (χ1) is 19.4. The summed E-state index contributed by atoms with van der Waals surface area (Å²) in [5, 5.41) is 0. The molecule has 0 unspecified atom stereocenters. The molecule has 0 N–H and O–H groups in total. The summed E-state index contributed by atoms with van der Waals surface area (Å²) >= 11 is 0. The van der Waals surface area contributed by atoms with Crippen molar-refractivity contribution in [2.45, 2.75) is 79.6 Å². The third-order valence-electron chi connectivity index (χ3n) is 8.28. The van der Waals surface area contributed by atoms with E-state index in [1.54, 1.807) is 13.8 Å². The number of aryl methyl sites for hydroxylation is 8. The molecule has 0 aliphatic rings. The molecule has 224 valence electrons. The molecular formula is C36H38F6. The van der Waals surface area contributed by atoms with Gasteiger partial charge < -0.3 is 0 Å². The Labute approximate surface area is 245 Å². The van der Waals surface area contributed by atoms with Crippen LogP contribution in [0.15, 0.2) is 72.8 Å². The highest BCUT2D eigenvalue weighted by Gasteiger charge is 2.72. The summed E-state index contributed by atoms with van der Waals surface area (Å²) < 4.78 is 83.9. The Morgan fingerprint density at radius 2 is 0.667 bits per heavy atom. The molecular weight excluding hydrogens is 546 g/mol. The molecule has 0 atom stereocenters. The smallest absolute Gasteiger partial charge is 0.169 e. The number of benzene rings is 4. The Hall–Kier alpha value is -3.54. The van der Waals surface area contributed by atoms with Crippen LogP contribution in [0, 0.1) is 55.4 Å². The van der Waals surface area contributed by atoms with Gasteiger partial charge in [0, 0.05) is 0 Å². The molecule has 0 aromatic heterocycles. The van der Waals surface area contributed by atoms with E-state index in [-0.39, 0.29) is 0 Å². The lowest BCUT2D eigenvalue weighted by molar-refractivity contribution is -0.288. The van der Waals surface area contributed by atoms with E-state index in [9.17, 15) is 26.3 Å². The van der Waals surface area contributed by atoms with E-state index >= 15 is 0 Å². The van der Waals surface area contributed by atoms with Gasteiger partial charge in [-0.3, -0.25) is 0 Å². The van der Waals surface area contributed by atoms with E-state index < -0.39 is 28.9 Å². The summed E-state index contributed by atoms with van der Waals surface area (Å²) in [5.74, 6) is 0. The maximum Gasteiger partial charge on any atom is 0.411 e. The number of halogens is 6. The molecule has 0 nitrogen and oxygen atoms in total. The van der Waals surface area contributed by atoms with Gasteiger partial charge in [0.05, 0.1) is 0 Å². The van der Waals surface area contributed by atoms with Crippen molar-refractivity contribution in [3.8, 4) is 0 Å². The van der Waals surface area contributed by atoms with Gasteiger partial charge in [0.15, 0.2) is 0 Å². The van der Waals surface area contributed by atoms with E-state index in [1.807, 2.05) is 0 Å². The fourth-order valence-electron chi connectivity index (χ4n) is 4.99. The van der Waals surface area contributed by atoms with Gasteiger partial charge >= 0.3 is 12.4 Å². The first kappa shape index (κ1) is 33.0. The molecule has 0 saturated heterocycles. The standard InChI is InChI=1S/C19H18F6.C17H20/c1-11-5-7-15(9-13(11)3)17(18(20,21)22,19(23,24)25)16-8-6-12(2)14(4)10-16;1-12-5-7-16(9-14(12)3)11-17-8-6-13(2)15(4)10-17/h5-10H,1-4H3;5-10H,11H2,1-4H3. The van der Waals surface area contributed by atoms with E-state index in [0.29, 0.717) is 22.3 Å². The molecule has 6 heteroatoms. The average molecular weight is 585 g/mol. The second-order valence-electron chi connectivity index (χ2n) is 11.4. The van der Waals surface area contributed by atoms with Crippen LogP contribution in [-0.4, -0.2) is 12.4 Å². The van der Waals surface area contributed by atoms with Crippen LogP contribution in [-0.2, 0) is 11.8 Å². The normalized spacial score (nSPS) is 12.1. The highest BCUT2D eigenvalue weighted by molar-refractivity contribution is 5.48. The summed E-state index contributed by atoms with van der Waals surface area (Å²) in [5.41, 5.74) is 4.59. The van der Waals surface area contributed by atoms with Crippen LogP contribution >= 0.6 is 0 Å². The summed E-state index contributed by atoms with van der Waals surface area (Å²) in [6.45, 7) is 15.0. The third kappa shape index (κ3) is 6.74. The summed E-state index contributed by atoms with van der Waals surface area (Å²) in [6, 6.07) is 19.9. The van der Waals surface area contributed by atoms with Crippen molar-refractivity contribution >= 4 is 0 Å². The molecule has 0 amide bonds. The molecule has 0 fully saturated rings. The van der Waals surface area contributed by atoms with E-state index in [1.165, 1.54) is 59.4 Å². The Balaban J connectivity index is 0.000000247. The molecule has 4 rings (SSSR count). The Morgan fingerprint density at radius 3 is 0.929 bits per heavy atom. The van der Waals surface area contributed by atoms with Crippen molar-refractivity contribution in [2.75, 3.05) is 0 Å². The number of hydrogen-bond donors (Lipinski definition) is 0. The van der Waals surface area contributed by atoms with Gasteiger partial charge in [-0.1, -0.05) is 72.8 Å². The van der Waals surface area contributed by atoms with Crippen molar-refractivity contribution in [1.29, 1.82) is 0 Å². The van der Waals surface area contributed by atoms with Crippen molar-refractivity contribution in [3.05, 3.63) is 140 Å². The topological polar surface area (TPSA) is 0 Å². The van der Waals surface area contributed by atoms with Crippen LogP contribution in [0.1, 0.15) is 66.8 Å². The number of alkyl halides is 6. The van der Waals surface area contributed by atoms with Crippen molar-refractivity contribution < 1.29 is 26.3 Å². The van der Waals surface area contributed by atoms with Crippen molar-refractivity contribution in [1.82, 2.24) is 0 Å². The van der Waals surface area contributed by atoms with E-state index in [4.69, 9.17) is 0 Å². The minimum absolute atomic E-state index is 0.374. The fraction of sp³-hybridized carbons (Fsp3) is 0.333. The lowest BCUT2D eigenvalue weighted by Gasteiger charge is -2.38. The Morgan fingerprint density at radius 1 is 0.381 bits per heavy atom. The summed E-state index contributed by atoms with van der Waals surface area (Å²) in [6.07, 6.45) is -10.1. The lowest BCUT2D eigenvalue weighted by atomic mass is 9.71. The lowest BCUT2D eigenvalue weighted by Crippen LogP contribution is -2.54. The van der Waals surface area contributed by atoms with E-state index in [0.717, 1.165) is 30.7 Å². The van der Waals surface area contributed by atoms with Gasteiger partial charge in [-0.25, -0.2) is 0 Å². The maximum absolute atomic E-state index is 14.0. The quantitative estimate of drug-likeness (QED) is 0.209. The molecule has 4 aromatic rings. The molecule has 42 heavy (non-hydrogen) atoms. The molecule has 0 heterocycles. The van der Waals surface area contributed by atoms with Gasteiger partial charge in [-0.15, -0.1) is 0 Å². The van der Waals surface area contributed by atoms with Gasteiger partial charge in [0.1, 0.15) is 0 Å². The largest absolute Gasteiger partial charge is 0.411 e. The average Bonchev–Trinajstić information content (AvgIpc) is 2.87. The predicted molar refractivity (Wildman–Crippen MR) is 159 cm³/mol. The first-order valence-corrected chi connectivity index (χ1v) is 13.8. The first-order valence-electron chi connectivity index (χ1n) is 13.8. The molecule has 4 aromatic carbocycles. The van der Waals surface area contributed by atoms with Crippen LogP contribution < -0.4 is 0 Å². The Kier molecular flexibility index (Phi) is 9.71. The van der Waals surface area contributed by atoms with Crippen molar-refractivity contribution in [3.63, 3.8) is 0 Å². The zero-order valence-corrected chi connectivity index (χ0v) is 25.4. The van der Waals surface area contributed by atoms with Gasteiger partial charge in [-0.05, 0) is 129 Å². The zero-order valence-electron chi connectivity index (χ0n) is 25.4. The molecule has 0 aliphatic heterocycles. The molecule has 0 spiro atoms. The van der Waals surface area contributed by atoms with Crippen LogP contribution in [0.4, 0.5) is 26.3 Å². The minimum Gasteiger partial charge on any atom is -0.169 e. The SMILES string of the molecule is Cc1ccc(C(c2ccc(C)c(C)c2)(C(F)(F)F)C(F)(F)F)cc1C.Cc1ccc(Cc2ccc(C)c(C)c2)cc1C. The van der Waals surface area contributed by atoms with Crippen LogP contribution in [0.2, 0.25) is 0 Å². The van der Waals surface area contributed by atoms with Crippen molar-refractivity contribution in [2.24, 2.45) is 0 Å². The van der Waals surface area contributed by atoms with Gasteiger partial charge in [0.25, 0.3) is 0 Å². The molecule has 0 radical (unpaired) electrons. The minimum atomic E-state index is -5.55. The molecule has 0 aliphatic carbocycles. The maximum atomic E-state index is 14.0. The fourth-order valence-corrected chi connectivity index (χ4v) is 4.99. The summed E-state index contributed by atoms with van der Waals surface area (Å²) in [7, 11) is 0. The predicted octanol–water partition coefficient (Wildman–Crippen LogP) is 10.8. The number of rotatable bonds is 4. The zero-order chi connectivity index (χ0) is 31.6. The third-order valence-corrected chi connectivity index (χ3v) is 8.28. The molecule has 0 saturated carbocycles. The van der Waals surface area contributed by atoms with E-state index in [2.05, 4.69) is 64.1 Å².